The fourth-order valence-corrected chi connectivity index (χ4v) is 4.91. The van der Waals surface area contributed by atoms with Gasteiger partial charge in [0.25, 0.3) is 0 Å². The molecule has 0 fully saturated rings. The Kier molecular flexibility index (Phi) is 10.4. The predicted molar refractivity (Wildman–Crippen MR) is 138 cm³/mol. The van der Waals surface area contributed by atoms with E-state index in [-0.39, 0.29) is 22.8 Å². The normalized spacial score (nSPS) is 12.9. The van der Waals surface area contributed by atoms with Crippen molar-refractivity contribution in [3.05, 3.63) is 60.7 Å². The van der Waals surface area contributed by atoms with Gasteiger partial charge in [-0.25, -0.2) is 4.79 Å². The summed E-state index contributed by atoms with van der Waals surface area (Å²) in [6.07, 6.45) is -6.18. The molecule has 0 N–H and O–H groups in total. The summed E-state index contributed by atoms with van der Waals surface area (Å²) in [5.74, 6) is -1.99. The first-order chi connectivity index (χ1) is 18.4. The summed E-state index contributed by atoms with van der Waals surface area (Å²) < 4.78 is 93.4. The first kappa shape index (κ1) is 30.5. The summed E-state index contributed by atoms with van der Waals surface area (Å²) in [7, 11) is 0. The Balaban J connectivity index is 1.81. The quantitative estimate of drug-likeness (QED) is 0.0670. The Morgan fingerprint density at radius 1 is 1.08 bits per heavy atom. The molecular weight excluding hydrogens is 546 g/mol. The number of benzene rings is 2. The zero-order valence-electron chi connectivity index (χ0n) is 21.2. The second-order valence-corrected chi connectivity index (χ2v) is 10.1. The molecule has 0 bridgehead atoms. The number of carbonyl (C=O) groups is 1. The number of hydrogen-bond donors (Lipinski definition) is 0. The van der Waals surface area contributed by atoms with E-state index in [9.17, 15) is 31.1 Å². The van der Waals surface area contributed by atoms with E-state index in [1.165, 1.54) is 12.1 Å². The summed E-state index contributed by atoms with van der Waals surface area (Å²) in [6, 6.07) is 11.2. The van der Waals surface area contributed by atoms with Gasteiger partial charge in [-0.3, -0.25) is 0 Å². The van der Waals surface area contributed by atoms with Crippen molar-refractivity contribution >= 4 is 28.7 Å². The Morgan fingerprint density at radius 2 is 1.85 bits per heavy atom. The van der Waals surface area contributed by atoms with E-state index in [0.29, 0.717) is 27.8 Å². The summed E-state index contributed by atoms with van der Waals surface area (Å²) in [5.41, 5.74) is 1.20. The molecule has 3 rings (SSSR count). The molecule has 39 heavy (non-hydrogen) atoms. The highest BCUT2D eigenvalue weighted by atomic mass is 32.2. The highest BCUT2D eigenvalue weighted by Crippen LogP contribution is 2.39. The molecule has 1 aromatic heterocycles. The SMILES string of the molecule is C=CC(=O)OCC(CSc1ccc2cc(-c3ccc(CCCCC)cc3OC(F)(F)F)oc2c1)CC(F)(F)F. The van der Waals surface area contributed by atoms with E-state index >= 15 is 0 Å². The molecule has 0 aliphatic heterocycles. The summed E-state index contributed by atoms with van der Waals surface area (Å²) in [4.78, 5) is 11.9. The van der Waals surface area contributed by atoms with Crippen molar-refractivity contribution in [1.82, 2.24) is 0 Å². The second kappa shape index (κ2) is 13.3. The fourth-order valence-electron chi connectivity index (χ4n) is 3.91. The van der Waals surface area contributed by atoms with Crippen LogP contribution in [0.5, 0.6) is 5.75 Å². The average Bonchev–Trinajstić information content (AvgIpc) is 3.27. The summed E-state index contributed by atoms with van der Waals surface area (Å²) >= 11 is 1.12. The minimum Gasteiger partial charge on any atom is -0.462 e. The van der Waals surface area contributed by atoms with Gasteiger partial charge in [0.2, 0.25) is 0 Å². The van der Waals surface area contributed by atoms with Crippen LogP contribution in [-0.4, -0.2) is 30.9 Å². The van der Waals surface area contributed by atoms with Crippen LogP contribution < -0.4 is 4.74 Å². The maximum Gasteiger partial charge on any atom is 0.573 e. The Labute approximate surface area is 226 Å². The highest BCUT2D eigenvalue weighted by Gasteiger charge is 2.33. The maximum atomic E-state index is 13.1. The van der Waals surface area contributed by atoms with E-state index < -0.39 is 37.5 Å². The number of unbranched alkanes of at least 4 members (excludes halogenated alkanes) is 2. The van der Waals surface area contributed by atoms with Crippen molar-refractivity contribution in [2.45, 2.75) is 56.5 Å². The molecule has 0 aliphatic rings. The van der Waals surface area contributed by atoms with Gasteiger partial charge in [-0.1, -0.05) is 32.4 Å². The minimum absolute atomic E-state index is 0.00602. The van der Waals surface area contributed by atoms with Gasteiger partial charge in [-0.15, -0.1) is 24.9 Å². The third-order valence-corrected chi connectivity index (χ3v) is 6.96. The standard InChI is InChI=1S/C28H28F6O4S/c1-3-5-6-7-18-8-11-22(25(12-18)38-28(32,33)34)24-13-20-9-10-21(14-23(20)37-24)39-17-19(15-27(29,30)31)16-36-26(35)4-2/h4,8-14,19H,2-3,5-7,15-17H2,1H3. The van der Waals surface area contributed by atoms with Crippen LogP contribution in [0.3, 0.4) is 0 Å². The lowest BCUT2D eigenvalue weighted by Crippen LogP contribution is -2.22. The molecule has 0 amide bonds. The lowest BCUT2D eigenvalue weighted by atomic mass is 10.0. The third-order valence-electron chi connectivity index (χ3n) is 5.73. The molecular formula is C28H28F6O4S. The minimum atomic E-state index is -4.89. The number of aryl methyl sites for hydroxylation is 1. The van der Waals surface area contributed by atoms with Gasteiger partial charge in [0.05, 0.1) is 18.6 Å². The second-order valence-electron chi connectivity index (χ2n) is 8.98. The topological polar surface area (TPSA) is 48.7 Å². The first-order valence-corrected chi connectivity index (χ1v) is 13.3. The Morgan fingerprint density at radius 3 is 2.51 bits per heavy atom. The van der Waals surface area contributed by atoms with Gasteiger partial charge in [-0.2, -0.15) is 13.2 Å². The number of carbonyl (C=O) groups excluding carboxylic acids is 1. The van der Waals surface area contributed by atoms with Crippen LogP contribution in [-0.2, 0) is 16.0 Å². The molecule has 0 spiro atoms. The van der Waals surface area contributed by atoms with Gasteiger partial charge >= 0.3 is 18.5 Å². The molecule has 0 saturated heterocycles. The smallest absolute Gasteiger partial charge is 0.462 e. The number of furan rings is 1. The van der Waals surface area contributed by atoms with Crippen molar-refractivity contribution in [2.24, 2.45) is 5.92 Å². The monoisotopic (exact) mass is 574 g/mol. The van der Waals surface area contributed by atoms with E-state index in [0.717, 1.165) is 37.1 Å². The molecule has 1 unspecified atom stereocenters. The first-order valence-electron chi connectivity index (χ1n) is 12.3. The van der Waals surface area contributed by atoms with E-state index in [1.807, 2.05) is 6.92 Å². The Hall–Kier alpha value is -3.08. The number of hydrogen-bond acceptors (Lipinski definition) is 5. The molecule has 212 valence electrons. The number of halogens is 6. The van der Waals surface area contributed by atoms with Crippen LogP contribution in [0.4, 0.5) is 26.3 Å². The van der Waals surface area contributed by atoms with Crippen LogP contribution >= 0.6 is 11.8 Å². The van der Waals surface area contributed by atoms with Gasteiger partial charge in [-0.05, 0) is 54.8 Å². The molecule has 0 saturated carbocycles. The van der Waals surface area contributed by atoms with Crippen molar-refractivity contribution in [2.75, 3.05) is 12.4 Å². The van der Waals surface area contributed by atoms with Gasteiger partial charge in [0.15, 0.2) is 0 Å². The number of esters is 1. The van der Waals surface area contributed by atoms with Gasteiger partial charge < -0.3 is 13.9 Å². The third kappa shape index (κ3) is 9.87. The zero-order valence-corrected chi connectivity index (χ0v) is 22.0. The molecule has 1 heterocycles. The number of rotatable bonds is 13. The predicted octanol–water partition coefficient (Wildman–Crippen LogP) is 9.12. The molecule has 2 aromatic carbocycles. The molecule has 1 atom stereocenters. The Bertz CT molecular complexity index is 1270. The van der Waals surface area contributed by atoms with Crippen molar-refractivity contribution in [3.8, 4) is 17.1 Å². The van der Waals surface area contributed by atoms with Crippen LogP contribution in [0.25, 0.3) is 22.3 Å². The molecule has 0 aliphatic carbocycles. The fraction of sp³-hybridized carbons (Fsp3) is 0.393. The number of alkyl halides is 6. The van der Waals surface area contributed by atoms with Crippen molar-refractivity contribution in [1.29, 1.82) is 0 Å². The summed E-state index contributed by atoms with van der Waals surface area (Å²) in [6.45, 7) is 4.85. The number of ether oxygens (including phenoxy) is 2. The van der Waals surface area contributed by atoms with Crippen molar-refractivity contribution in [3.63, 3.8) is 0 Å². The lowest BCUT2D eigenvalue weighted by Gasteiger charge is -2.18. The van der Waals surface area contributed by atoms with Crippen LogP contribution in [0.2, 0.25) is 0 Å². The van der Waals surface area contributed by atoms with E-state index in [1.54, 1.807) is 30.3 Å². The van der Waals surface area contributed by atoms with Crippen LogP contribution in [0.15, 0.2) is 64.4 Å². The molecule has 4 nitrogen and oxygen atoms in total. The van der Waals surface area contributed by atoms with E-state index in [4.69, 9.17) is 9.15 Å². The van der Waals surface area contributed by atoms with Gasteiger partial charge in [0.1, 0.15) is 17.1 Å². The molecule has 0 radical (unpaired) electrons. The lowest BCUT2D eigenvalue weighted by molar-refractivity contribution is -0.274. The number of thioether (sulfide) groups is 1. The van der Waals surface area contributed by atoms with E-state index in [2.05, 4.69) is 11.3 Å². The summed E-state index contributed by atoms with van der Waals surface area (Å²) in [5, 5.41) is 0.603. The van der Waals surface area contributed by atoms with Crippen LogP contribution in [0, 0.1) is 5.92 Å². The number of fused-ring (bicyclic) bond motifs is 1. The van der Waals surface area contributed by atoms with Gasteiger partial charge in [0, 0.05) is 28.0 Å². The largest absolute Gasteiger partial charge is 0.573 e. The zero-order chi connectivity index (χ0) is 28.6. The highest BCUT2D eigenvalue weighted by molar-refractivity contribution is 7.99. The maximum absolute atomic E-state index is 13.1. The molecule has 11 heteroatoms. The van der Waals surface area contributed by atoms with Crippen LogP contribution in [0.1, 0.15) is 38.2 Å². The van der Waals surface area contributed by atoms with Crippen molar-refractivity contribution < 1.29 is 45.0 Å². The average molecular weight is 575 g/mol. The molecule has 3 aromatic rings.